The van der Waals surface area contributed by atoms with E-state index in [0.29, 0.717) is 15.7 Å². The minimum Gasteiger partial charge on any atom is -0.378 e. The zero-order valence-electron chi connectivity index (χ0n) is 12.6. The predicted octanol–water partition coefficient (Wildman–Crippen LogP) is 3.64. The Balaban J connectivity index is 2.02. The number of carbonyl (C=O) groups is 2. The molecule has 0 saturated carbocycles. The van der Waals surface area contributed by atoms with Gasteiger partial charge in [-0.15, -0.1) is 0 Å². The Labute approximate surface area is 144 Å². The first kappa shape index (κ1) is 17.1. The molecule has 5 nitrogen and oxygen atoms in total. The van der Waals surface area contributed by atoms with Crippen LogP contribution in [0.1, 0.15) is 0 Å². The van der Waals surface area contributed by atoms with Crippen LogP contribution in [0.5, 0.6) is 0 Å². The van der Waals surface area contributed by atoms with Crippen LogP contribution in [0.15, 0.2) is 42.5 Å². The Morgan fingerprint density at radius 1 is 0.913 bits per heavy atom. The smallest absolute Gasteiger partial charge is 0.314 e. The van der Waals surface area contributed by atoms with Crippen LogP contribution < -0.4 is 15.5 Å². The summed E-state index contributed by atoms with van der Waals surface area (Å²) in [6.07, 6.45) is 0. The van der Waals surface area contributed by atoms with Gasteiger partial charge in [-0.2, -0.15) is 0 Å². The van der Waals surface area contributed by atoms with Crippen molar-refractivity contribution in [3.05, 3.63) is 52.5 Å². The lowest BCUT2D eigenvalue weighted by atomic mass is 10.2. The topological polar surface area (TPSA) is 61.4 Å². The molecule has 2 N–H and O–H groups in total. The molecule has 0 aliphatic heterocycles. The third-order valence-corrected chi connectivity index (χ3v) is 3.59. The van der Waals surface area contributed by atoms with E-state index in [1.54, 1.807) is 18.2 Å². The molecule has 2 aromatic carbocycles. The van der Waals surface area contributed by atoms with Crippen LogP contribution in [0.3, 0.4) is 0 Å². The van der Waals surface area contributed by atoms with Crippen LogP contribution >= 0.6 is 23.2 Å². The minimum atomic E-state index is -0.828. The van der Waals surface area contributed by atoms with Crippen molar-refractivity contribution in [3.8, 4) is 0 Å². The van der Waals surface area contributed by atoms with Crippen LogP contribution in [-0.2, 0) is 9.59 Å². The fraction of sp³-hybridized carbons (Fsp3) is 0.125. The minimum absolute atomic E-state index is 0.280. The lowest BCUT2D eigenvalue weighted by Gasteiger charge is -2.13. The third-order valence-electron chi connectivity index (χ3n) is 3.02. The van der Waals surface area contributed by atoms with E-state index in [4.69, 9.17) is 23.2 Å². The fourth-order valence-electron chi connectivity index (χ4n) is 1.80. The van der Waals surface area contributed by atoms with Gasteiger partial charge in [-0.3, -0.25) is 9.59 Å². The molecule has 0 fully saturated rings. The molecule has 0 atom stereocenters. The van der Waals surface area contributed by atoms with Crippen LogP contribution in [0, 0.1) is 0 Å². The first-order valence-electron chi connectivity index (χ1n) is 6.71. The zero-order valence-corrected chi connectivity index (χ0v) is 14.1. The van der Waals surface area contributed by atoms with Crippen molar-refractivity contribution >= 4 is 52.1 Å². The van der Waals surface area contributed by atoms with Crippen molar-refractivity contribution < 1.29 is 9.59 Å². The highest BCUT2D eigenvalue weighted by Crippen LogP contribution is 2.25. The van der Waals surface area contributed by atoms with Gasteiger partial charge in [-0.05, 0) is 42.5 Å². The van der Waals surface area contributed by atoms with Gasteiger partial charge in [0.1, 0.15) is 0 Å². The highest BCUT2D eigenvalue weighted by atomic mass is 35.5. The normalized spacial score (nSPS) is 10.1. The summed E-state index contributed by atoms with van der Waals surface area (Å²) < 4.78 is 0. The first-order valence-corrected chi connectivity index (χ1v) is 7.47. The molecule has 2 aromatic rings. The summed E-state index contributed by atoms with van der Waals surface area (Å²) in [5, 5.41) is 5.65. The number of nitrogens with zero attached hydrogens (tertiary/aromatic N) is 1. The Hall–Kier alpha value is -2.24. The summed E-state index contributed by atoms with van der Waals surface area (Å²) in [4.78, 5) is 25.8. The summed E-state index contributed by atoms with van der Waals surface area (Å²) >= 11 is 11.8. The first-order chi connectivity index (χ1) is 10.9. The Morgan fingerprint density at radius 3 is 2.13 bits per heavy atom. The van der Waals surface area contributed by atoms with Gasteiger partial charge >= 0.3 is 11.8 Å². The van der Waals surface area contributed by atoms with E-state index in [0.717, 1.165) is 5.69 Å². The summed E-state index contributed by atoms with van der Waals surface area (Å²) in [5.74, 6) is -1.62. The summed E-state index contributed by atoms with van der Waals surface area (Å²) in [6.45, 7) is 0. The summed E-state index contributed by atoms with van der Waals surface area (Å²) in [7, 11) is 3.82. The molecule has 2 rings (SSSR count). The number of nitrogens with one attached hydrogen (secondary N) is 2. The van der Waals surface area contributed by atoms with Gasteiger partial charge in [0.05, 0.1) is 10.7 Å². The highest BCUT2D eigenvalue weighted by molar-refractivity contribution is 6.45. The Kier molecular flexibility index (Phi) is 5.47. The van der Waals surface area contributed by atoms with E-state index in [1.807, 2.05) is 31.1 Å². The SMILES string of the molecule is CN(C)c1ccc(NC(=O)C(=O)Nc2cc(Cl)ccc2Cl)cc1. The maximum Gasteiger partial charge on any atom is 0.314 e. The molecule has 0 bridgehead atoms. The Bertz CT molecular complexity index is 731. The van der Waals surface area contributed by atoms with Crippen LogP contribution in [0.25, 0.3) is 0 Å². The second-order valence-electron chi connectivity index (χ2n) is 4.97. The van der Waals surface area contributed by atoms with Crippen molar-refractivity contribution in [1.29, 1.82) is 0 Å². The number of halogens is 2. The second-order valence-corrected chi connectivity index (χ2v) is 5.82. The molecule has 0 saturated heterocycles. The molecule has 0 aromatic heterocycles. The van der Waals surface area contributed by atoms with Gasteiger partial charge in [-0.1, -0.05) is 23.2 Å². The van der Waals surface area contributed by atoms with Crippen LogP contribution in [0.2, 0.25) is 10.0 Å². The van der Waals surface area contributed by atoms with Crippen molar-refractivity contribution in [1.82, 2.24) is 0 Å². The zero-order chi connectivity index (χ0) is 17.0. The molecule has 23 heavy (non-hydrogen) atoms. The lowest BCUT2D eigenvalue weighted by Crippen LogP contribution is -2.29. The number of amides is 2. The van der Waals surface area contributed by atoms with E-state index in [2.05, 4.69) is 10.6 Å². The number of benzene rings is 2. The lowest BCUT2D eigenvalue weighted by molar-refractivity contribution is -0.132. The van der Waals surface area contributed by atoms with E-state index in [-0.39, 0.29) is 5.69 Å². The second kappa shape index (κ2) is 7.35. The number of carbonyl (C=O) groups excluding carboxylic acids is 2. The monoisotopic (exact) mass is 351 g/mol. The number of hydrogen-bond acceptors (Lipinski definition) is 3. The summed E-state index contributed by atoms with van der Waals surface area (Å²) in [6, 6.07) is 11.7. The number of hydrogen-bond donors (Lipinski definition) is 2. The molecule has 0 spiro atoms. The molecule has 0 unspecified atom stereocenters. The van der Waals surface area contributed by atoms with Crippen molar-refractivity contribution in [2.45, 2.75) is 0 Å². The van der Waals surface area contributed by atoms with Crippen LogP contribution in [-0.4, -0.2) is 25.9 Å². The van der Waals surface area contributed by atoms with E-state index >= 15 is 0 Å². The van der Waals surface area contributed by atoms with E-state index in [9.17, 15) is 9.59 Å². The van der Waals surface area contributed by atoms with Crippen LogP contribution in [0.4, 0.5) is 17.1 Å². The largest absolute Gasteiger partial charge is 0.378 e. The van der Waals surface area contributed by atoms with Gasteiger partial charge in [0.25, 0.3) is 0 Å². The maximum atomic E-state index is 11.9. The highest BCUT2D eigenvalue weighted by Gasteiger charge is 2.15. The summed E-state index contributed by atoms with van der Waals surface area (Å²) in [5.41, 5.74) is 1.79. The molecule has 0 radical (unpaired) electrons. The molecule has 0 heterocycles. The molecule has 2 amide bonds. The molecular weight excluding hydrogens is 337 g/mol. The maximum absolute atomic E-state index is 11.9. The van der Waals surface area contributed by atoms with Crippen molar-refractivity contribution in [3.63, 3.8) is 0 Å². The Morgan fingerprint density at radius 2 is 1.52 bits per heavy atom. The molecular formula is C16H15Cl2N3O2. The van der Waals surface area contributed by atoms with E-state index in [1.165, 1.54) is 12.1 Å². The average molecular weight is 352 g/mol. The molecule has 0 aliphatic carbocycles. The van der Waals surface area contributed by atoms with Gasteiger partial charge in [0, 0.05) is 30.5 Å². The quantitative estimate of drug-likeness (QED) is 0.830. The molecule has 0 aliphatic rings. The number of rotatable bonds is 3. The fourth-order valence-corrected chi connectivity index (χ4v) is 2.14. The van der Waals surface area contributed by atoms with Crippen molar-refractivity contribution in [2.24, 2.45) is 0 Å². The molecule has 120 valence electrons. The van der Waals surface area contributed by atoms with Gasteiger partial charge in [0.2, 0.25) is 0 Å². The predicted molar refractivity (Wildman–Crippen MR) is 94.5 cm³/mol. The average Bonchev–Trinajstić information content (AvgIpc) is 2.51. The van der Waals surface area contributed by atoms with E-state index < -0.39 is 11.8 Å². The molecule has 7 heteroatoms. The van der Waals surface area contributed by atoms with Gasteiger partial charge in [0.15, 0.2) is 0 Å². The standard InChI is InChI=1S/C16H15Cl2N3O2/c1-21(2)12-6-4-11(5-7-12)19-15(22)16(23)20-14-9-10(17)3-8-13(14)18/h3-9H,1-2H3,(H,19,22)(H,20,23). The third kappa shape index (κ3) is 4.61. The van der Waals surface area contributed by atoms with Gasteiger partial charge < -0.3 is 15.5 Å². The van der Waals surface area contributed by atoms with Gasteiger partial charge in [-0.25, -0.2) is 0 Å². The van der Waals surface area contributed by atoms with Crippen molar-refractivity contribution in [2.75, 3.05) is 29.6 Å². The number of anilines is 3.